The van der Waals surface area contributed by atoms with E-state index in [9.17, 15) is 0 Å². The van der Waals surface area contributed by atoms with Gasteiger partial charge in [-0.05, 0) is 111 Å². The van der Waals surface area contributed by atoms with Crippen LogP contribution in [0.1, 0.15) is 25.0 Å². The molecule has 1 aliphatic rings. The highest BCUT2D eigenvalue weighted by Crippen LogP contribution is 2.51. The highest BCUT2D eigenvalue weighted by molar-refractivity contribution is 7.25. The van der Waals surface area contributed by atoms with Gasteiger partial charge in [0.2, 0.25) is 0 Å². The molecule has 0 atom stereocenters. The number of benzene rings is 9. The predicted molar refractivity (Wildman–Crippen MR) is 257 cm³/mol. The molecular weight excluding hydrogens is 745 g/mol. The molecule has 0 bridgehead atoms. The van der Waals surface area contributed by atoms with Crippen LogP contribution in [0.3, 0.4) is 0 Å². The number of hydrogen-bond donors (Lipinski definition) is 0. The molecule has 0 N–H and O–H groups in total. The molecule has 0 spiro atoms. The molecule has 3 heterocycles. The van der Waals surface area contributed by atoms with Gasteiger partial charge in [-0.1, -0.05) is 141 Å². The summed E-state index contributed by atoms with van der Waals surface area (Å²) in [6.45, 7) is 4.69. The largest absolute Gasteiger partial charge is 0.310 e. The molecule has 0 unspecified atom stereocenters. The molecule has 1 aliphatic carbocycles. The van der Waals surface area contributed by atoms with Crippen LogP contribution in [0.2, 0.25) is 0 Å². The number of hydrogen-bond acceptors (Lipinski definition) is 2. The normalized spacial score (nSPS) is 13.3. The predicted octanol–water partition coefficient (Wildman–Crippen LogP) is 16.3. The lowest BCUT2D eigenvalue weighted by atomic mass is 9.82. The molecule has 2 nitrogen and oxygen atoms in total. The van der Waals surface area contributed by atoms with Crippen LogP contribution in [0.25, 0.3) is 91.6 Å². The first-order valence-electron chi connectivity index (χ1n) is 20.8. The third-order valence-corrected chi connectivity index (χ3v) is 14.5. The number of fused-ring (bicyclic) bond motifs is 12. The minimum atomic E-state index is -0.0117. The number of anilines is 3. The summed E-state index contributed by atoms with van der Waals surface area (Å²) in [4.78, 5) is 2.46. The van der Waals surface area contributed by atoms with Crippen molar-refractivity contribution in [2.24, 2.45) is 0 Å². The van der Waals surface area contributed by atoms with Gasteiger partial charge in [-0.25, -0.2) is 0 Å². The maximum atomic E-state index is 2.47. The first-order chi connectivity index (χ1) is 29.5. The van der Waals surface area contributed by atoms with E-state index in [1.165, 1.54) is 108 Å². The van der Waals surface area contributed by atoms with Crippen LogP contribution in [-0.4, -0.2) is 4.40 Å². The van der Waals surface area contributed by atoms with Crippen LogP contribution < -0.4 is 4.90 Å². The van der Waals surface area contributed by atoms with E-state index in [0.717, 1.165) is 11.4 Å². The number of thiophene rings is 1. The first-order valence-corrected chi connectivity index (χ1v) is 21.7. The Morgan fingerprint density at radius 2 is 0.983 bits per heavy atom. The van der Waals surface area contributed by atoms with Crippen molar-refractivity contribution in [1.82, 2.24) is 4.40 Å². The Morgan fingerprint density at radius 3 is 1.75 bits per heavy atom. The molecule has 0 saturated carbocycles. The maximum Gasteiger partial charge on any atom is 0.0641 e. The topological polar surface area (TPSA) is 7.65 Å². The fraction of sp³-hybridized carbons (Fsp3) is 0.0526. The smallest absolute Gasteiger partial charge is 0.0641 e. The quantitative estimate of drug-likeness (QED) is 0.169. The molecule has 13 rings (SSSR count). The third-order valence-electron chi connectivity index (χ3n) is 13.3. The van der Waals surface area contributed by atoms with Crippen LogP contribution >= 0.6 is 11.3 Å². The SMILES string of the molecule is CC1(C)c2ccccc2-c2cc(-c3ccc(N(c4ccc(-c5ccc6sc7ccccc7c6c5)cc4)c4ccc5c6ccccc6n6c7ccccc7c4c56)cc3)ccc21. The van der Waals surface area contributed by atoms with Crippen molar-refractivity contribution in [3.05, 3.63) is 205 Å². The second-order valence-corrected chi connectivity index (χ2v) is 18.0. The molecule has 3 aromatic heterocycles. The van der Waals surface area contributed by atoms with Gasteiger partial charge in [0.1, 0.15) is 0 Å². The van der Waals surface area contributed by atoms with Crippen LogP contribution in [0.4, 0.5) is 17.1 Å². The van der Waals surface area contributed by atoms with Gasteiger partial charge in [0.15, 0.2) is 0 Å². The van der Waals surface area contributed by atoms with Crippen molar-refractivity contribution in [2.45, 2.75) is 19.3 Å². The van der Waals surface area contributed by atoms with Gasteiger partial charge < -0.3 is 9.30 Å². The van der Waals surface area contributed by atoms with Gasteiger partial charge in [-0.3, -0.25) is 0 Å². The molecule has 0 aliphatic heterocycles. The van der Waals surface area contributed by atoms with E-state index in [1.807, 2.05) is 11.3 Å². The standard InChI is InChI=1S/C57H38N2S/c1-57(2)48-15-7-3-11-41(48)46-33-37(23-30-49(46)57)35-19-25-39(26-20-35)58(40-27-21-36(22-28-40)38-24-32-54-47(34-38)43-13-6-10-18-53(43)60-54)52-31-29-44-42-12-4-8-16-50(42)59-51-17-9-5-14-45(51)55(52)56(44)59/h3-34H,1-2H3. The van der Waals surface area contributed by atoms with Gasteiger partial charge in [0, 0.05) is 58.5 Å². The molecule has 282 valence electrons. The lowest BCUT2D eigenvalue weighted by Crippen LogP contribution is -2.14. The Kier molecular flexibility index (Phi) is 6.98. The van der Waals surface area contributed by atoms with Gasteiger partial charge >= 0.3 is 0 Å². The number of aromatic nitrogens is 1. The molecule has 0 radical (unpaired) electrons. The third kappa shape index (κ3) is 4.70. The van der Waals surface area contributed by atoms with Crippen molar-refractivity contribution in [1.29, 1.82) is 0 Å². The zero-order chi connectivity index (χ0) is 39.7. The van der Waals surface area contributed by atoms with Gasteiger partial charge in [-0.15, -0.1) is 11.3 Å². The Balaban J connectivity index is 0.977. The van der Waals surface area contributed by atoms with E-state index in [4.69, 9.17) is 0 Å². The number of nitrogens with zero attached hydrogens (tertiary/aromatic N) is 2. The van der Waals surface area contributed by atoms with Crippen molar-refractivity contribution < 1.29 is 0 Å². The Morgan fingerprint density at radius 1 is 0.417 bits per heavy atom. The molecule has 0 saturated heterocycles. The summed E-state index contributed by atoms with van der Waals surface area (Å²) in [7, 11) is 0. The van der Waals surface area contributed by atoms with E-state index in [2.05, 4.69) is 217 Å². The second-order valence-electron chi connectivity index (χ2n) is 16.9. The Hall–Kier alpha value is -7.20. The molecular formula is C57H38N2S. The monoisotopic (exact) mass is 782 g/mol. The highest BCUT2D eigenvalue weighted by Gasteiger charge is 2.35. The summed E-state index contributed by atoms with van der Waals surface area (Å²) < 4.78 is 5.13. The summed E-state index contributed by atoms with van der Waals surface area (Å²) in [6.07, 6.45) is 0. The zero-order valence-electron chi connectivity index (χ0n) is 33.3. The number of rotatable bonds is 5. The van der Waals surface area contributed by atoms with E-state index in [0.29, 0.717) is 0 Å². The Bertz CT molecular complexity index is 3680. The second kappa shape index (κ2) is 12.4. The molecule has 0 amide bonds. The minimum Gasteiger partial charge on any atom is -0.310 e. The molecule has 9 aromatic carbocycles. The van der Waals surface area contributed by atoms with Crippen LogP contribution in [0, 0.1) is 0 Å². The number of para-hydroxylation sites is 2. The van der Waals surface area contributed by atoms with E-state index >= 15 is 0 Å². The summed E-state index contributed by atoms with van der Waals surface area (Å²) in [5.74, 6) is 0. The van der Waals surface area contributed by atoms with Crippen molar-refractivity contribution in [3.8, 4) is 33.4 Å². The average molecular weight is 783 g/mol. The summed E-state index contributed by atoms with van der Waals surface area (Å²) in [6, 6.07) is 72.4. The van der Waals surface area contributed by atoms with Gasteiger partial charge in [-0.2, -0.15) is 0 Å². The van der Waals surface area contributed by atoms with E-state index < -0.39 is 0 Å². The minimum absolute atomic E-state index is 0.0117. The Labute approximate surface area is 352 Å². The lowest BCUT2D eigenvalue weighted by Gasteiger charge is -2.27. The first kappa shape index (κ1) is 33.7. The summed E-state index contributed by atoms with van der Waals surface area (Å²) in [5, 5.41) is 7.73. The van der Waals surface area contributed by atoms with Crippen molar-refractivity contribution in [3.63, 3.8) is 0 Å². The molecule has 12 aromatic rings. The van der Waals surface area contributed by atoms with Crippen LogP contribution in [-0.2, 0) is 5.41 Å². The highest BCUT2D eigenvalue weighted by atomic mass is 32.1. The van der Waals surface area contributed by atoms with Crippen molar-refractivity contribution in [2.75, 3.05) is 4.90 Å². The van der Waals surface area contributed by atoms with Crippen LogP contribution in [0.5, 0.6) is 0 Å². The van der Waals surface area contributed by atoms with Gasteiger partial charge in [0.25, 0.3) is 0 Å². The maximum absolute atomic E-state index is 2.47. The van der Waals surface area contributed by atoms with E-state index in [1.54, 1.807) is 0 Å². The van der Waals surface area contributed by atoms with Crippen LogP contribution in [0.15, 0.2) is 194 Å². The summed E-state index contributed by atoms with van der Waals surface area (Å²) >= 11 is 1.87. The average Bonchev–Trinajstić information content (AvgIpc) is 4.02. The molecule has 60 heavy (non-hydrogen) atoms. The lowest BCUT2D eigenvalue weighted by molar-refractivity contribution is 0.660. The fourth-order valence-electron chi connectivity index (χ4n) is 10.5. The molecule has 0 fully saturated rings. The van der Waals surface area contributed by atoms with Gasteiger partial charge in [0.05, 0.1) is 22.2 Å². The fourth-order valence-corrected chi connectivity index (χ4v) is 11.6. The van der Waals surface area contributed by atoms with E-state index in [-0.39, 0.29) is 5.41 Å². The molecule has 3 heteroatoms. The zero-order valence-corrected chi connectivity index (χ0v) is 34.1. The summed E-state index contributed by atoms with van der Waals surface area (Å²) in [5.41, 5.74) is 17.5. The van der Waals surface area contributed by atoms with Crippen molar-refractivity contribution >= 4 is 86.7 Å².